The van der Waals surface area contributed by atoms with E-state index in [1.165, 1.54) is 0 Å². The lowest BCUT2D eigenvalue weighted by molar-refractivity contribution is -0.128. The summed E-state index contributed by atoms with van der Waals surface area (Å²) in [6.07, 6.45) is 1.61. The average Bonchev–Trinajstić information content (AvgIpc) is 3.44. The van der Waals surface area contributed by atoms with E-state index in [1.807, 2.05) is 60.4 Å². The van der Waals surface area contributed by atoms with Gasteiger partial charge in [-0.3, -0.25) is 9.59 Å². The van der Waals surface area contributed by atoms with Crippen LogP contribution in [0.4, 0.5) is 0 Å². The number of carbonyl (C=O) groups excluding carboxylic acids is 2. The zero-order chi connectivity index (χ0) is 21.6. The van der Waals surface area contributed by atoms with Crippen molar-refractivity contribution in [3.05, 3.63) is 89.4 Å². The summed E-state index contributed by atoms with van der Waals surface area (Å²) in [5.74, 6) is 1.96. The average molecular weight is 437 g/mol. The Morgan fingerprint density at radius 2 is 1.94 bits per heavy atom. The van der Waals surface area contributed by atoms with Gasteiger partial charge in [-0.2, -0.15) is 0 Å². The number of hydrogen-bond donors (Lipinski definition) is 1. The Morgan fingerprint density at radius 3 is 2.61 bits per heavy atom. The number of amides is 2. The fourth-order valence-corrected chi connectivity index (χ4v) is 4.61. The van der Waals surface area contributed by atoms with Crippen LogP contribution in [0.2, 0.25) is 0 Å². The first-order chi connectivity index (χ1) is 15.1. The first kappa shape index (κ1) is 21.1. The van der Waals surface area contributed by atoms with Crippen molar-refractivity contribution in [2.45, 2.75) is 25.4 Å². The van der Waals surface area contributed by atoms with Crippen molar-refractivity contribution >= 4 is 23.6 Å². The zero-order valence-corrected chi connectivity index (χ0v) is 18.1. The second-order valence-electron chi connectivity index (χ2n) is 7.15. The fraction of sp³-hybridized carbons (Fsp3) is 0.250. The predicted molar refractivity (Wildman–Crippen MR) is 120 cm³/mol. The Balaban J connectivity index is 1.36. The van der Waals surface area contributed by atoms with Crippen LogP contribution >= 0.6 is 11.8 Å². The Kier molecular flexibility index (Phi) is 6.62. The van der Waals surface area contributed by atoms with E-state index >= 15 is 0 Å². The van der Waals surface area contributed by atoms with Gasteiger partial charge in [0.25, 0.3) is 5.91 Å². The van der Waals surface area contributed by atoms with Crippen LogP contribution in [-0.2, 0) is 17.9 Å². The van der Waals surface area contributed by atoms with E-state index in [2.05, 4.69) is 5.32 Å². The van der Waals surface area contributed by atoms with E-state index in [4.69, 9.17) is 9.15 Å². The first-order valence-corrected chi connectivity index (χ1v) is 11.2. The van der Waals surface area contributed by atoms with E-state index in [1.54, 1.807) is 30.2 Å². The Labute approximate surface area is 185 Å². The number of rotatable bonds is 8. The molecule has 0 saturated carbocycles. The summed E-state index contributed by atoms with van der Waals surface area (Å²) in [5.41, 5.74) is 2.58. The number of hydrogen-bond acceptors (Lipinski definition) is 5. The molecule has 1 aliphatic heterocycles. The summed E-state index contributed by atoms with van der Waals surface area (Å²) in [4.78, 5) is 26.7. The summed E-state index contributed by atoms with van der Waals surface area (Å²) < 4.78 is 10.8. The van der Waals surface area contributed by atoms with Crippen molar-refractivity contribution in [3.8, 4) is 5.75 Å². The number of carbonyl (C=O) groups is 2. The second kappa shape index (κ2) is 9.75. The molecule has 160 valence electrons. The molecule has 1 aromatic heterocycles. The molecule has 2 aromatic carbocycles. The molecule has 0 spiro atoms. The standard InChI is InChI=1S/C24H24N2O4S/c1-2-29-20-11-5-17(6-12-20)14-25-23(28)18-7-9-19(10-8-18)24-26(22(27)16-31-24)15-21-4-3-13-30-21/h3-13,24H,2,14-16H2,1H3,(H,25,28)/t24-/m1/s1. The molecule has 0 aliphatic carbocycles. The molecule has 2 amide bonds. The van der Waals surface area contributed by atoms with Crippen LogP contribution in [0.3, 0.4) is 0 Å². The van der Waals surface area contributed by atoms with Gasteiger partial charge >= 0.3 is 0 Å². The highest BCUT2D eigenvalue weighted by atomic mass is 32.2. The van der Waals surface area contributed by atoms with Crippen LogP contribution in [0.5, 0.6) is 5.75 Å². The normalized spacial score (nSPS) is 15.8. The third-order valence-corrected chi connectivity index (χ3v) is 6.28. The van der Waals surface area contributed by atoms with Crippen molar-refractivity contribution in [2.75, 3.05) is 12.4 Å². The Bertz CT molecular complexity index is 1020. The maximum Gasteiger partial charge on any atom is 0.251 e. The van der Waals surface area contributed by atoms with Gasteiger partial charge in [0.15, 0.2) is 0 Å². The van der Waals surface area contributed by atoms with Gasteiger partial charge in [0.05, 0.1) is 25.2 Å². The molecule has 7 heteroatoms. The summed E-state index contributed by atoms with van der Waals surface area (Å²) in [6.45, 7) is 3.45. The number of nitrogens with zero attached hydrogens (tertiary/aromatic N) is 1. The maximum absolute atomic E-state index is 12.5. The minimum absolute atomic E-state index is 0.0847. The highest BCUT2D eigenvalue weighted by Crippen LogP contribution is 2.39. The Hall–Kier alpha value is -3.19. The third-order valence-electron chi connectivity index (χ3n) is 5.02. The third kappa shape index (κ3) is 5.11. The number of nitrogens with one attached hydrogen (secondary N) is 1. The molecule has 0 bridgehead atoms. The fourth-order valence-electron chi connectivity index (χ4n) is 3.43. The highest BCUT2D eigenvalue weighted by Gasteiger charge is 2.33. The van der Waals surface area contributed by atoms with Crippen molar-refractivity contribution < 1.29 is 18.7 Å². The van der Waals surface area contributed by atoms with Gasteiger partial charge in [0.2, 0.25) is 5.91 Å². The molecule has 6 nitrogen and oxygen atoms in total. The first-order valence-electron chi connectivity index (χ1n) is 10.2. The Morgan fingerprint density at radius 1 is 1.16 bits per heavy atom. The monoisotopic (exact) mass is 436 g/mol. The minimum Gasteiger partial charge on any atom is -0.494 e. The SMILES string of the molecule is CCOc1ccc(CNC(=O)c2ccc([C@H]3SCC(=O)N3Cc3ccco3)cc2)cc1. The molecule has 0 unspecified atom stereocenters. The smallest absolute Gasteiger partial charge is 0.251 e. The minimum atomic E-state index is -0.136. The van der Waals surface area contributed by atoms with Gasteiger partial charge in [-0.05, 0) is 54.4 Å². The molecule has 4 rings (SSSR count). The molecule has 1 aliphatic rings. The van der Waals surface area contributed by atoms with Gasteiger partial charge in [0.1, 0.15) is 16.9 Å². The lowest BCUT2D eigenvalue weighted by Gasteiger charge is -2.23. The molecule has 3 aromatic rings. The quantitative estimate of drug-likeness (QED) is 0.567. The lowest BCUT2D eigenvalue weighted by atomic mass is 10.1. The van der Waals surface area contributed by atoms with Gasteiger partial charge < -0.3 is 19.4 Å². The molecular weight excluding hydrogens is 412 g/mol. The lowest BCUT2D eigenvalue weighted by Crippen LogP contribution is -2.27. The number of benzene rings is 2. The van der Waals surface area contributed by atoms with Crippen LogP contribution in [0.15, 0.2) is 71.3 Å². The van der Waals surface area contributed by atoms with E-state index in [0.717, 1.165) is 22.6 Å². The van der Waals surface area contributed by atoms with Gasteiger partial charge in [-0.15, -0.1) is 11.8 Å². The molecule has 2 heterocycles. The van der Waals surface area contributed by atoms with Crippen LogP contribution < -0.4 is 10.1 Å². The molecule has 1 N–H and O–H groups in total. The summed E-state index contributed by atoms with van der Waals surface area (Å²) in [7, 11) is 0. The van der Waals surface area contributed by atoms with Crippen molar-refractivity contribution in [1.82, 2.24) is 10.2 Å². The van der Waals surface area contributed by atoms with Crippen molar-refractivity contribution in [3.63, 3.8) is 0 Å². The molecule has 31 heavy (non-hydrogen) atoms. The van der Waals surface area contributed by atoms with E-state index < -0.39 is 0 Å². The molecule has 1 atom stereocenters. The van der Waals surface area contributed by atoms with Gasteiger partial charge in [-0.1, -0.05) is 24.3 Å². The van der Waals surface area contributed by atoms with E-state index in [0.29, 0.717) is 31.0 Å². The summed E-state index contributed by atoms with van der Waals surface area (Å²) >= 11 is 1.58. The molecule has 1 fully saturated rings. The van der Waals surface area contributed by atoms with Crippen molar-refractivity contribution in [2.24, 2.45) is 0 Å². The number of ether oxygens (including phenoxy) is 1. The van der Waals surface area contributed by atoms with Crippen LogP contribution in [0, 0.1) is 0 Å². The number of thioether (sulfide) groups is 1. The van der Waals surface area contributed by atoms with Crippen LogP contribution in [0.25, 0.3) is 0 Å². The molecule has 1 saturated heterocycles. The topological polar surface area (TPSA) is 71.8 Å². The number of furan rings is 1. The maximum atomic E-state index is 12.5. The molecule has 0 radical (unpaired) electrons. The van der Waals surface area contributed by atoms with E-state index in [9.17, 15) is 9.59 Å². The van der Waals surface area contributed by atoms with Crippen LogP contribution in [-0.4, -0.2) is 29.1 Å². The van der Waals surface area contributed by atoms with Crippen molar-refractivity contribution in [1.29, 1.82) is 0 Å². The second-order valence-corrected chi connectivity index (χ2v) is 8.21. The van der Waals surface area contributed by atoms with Gasteiger partial charge in [-0.25, -0.2) is 0 Å². The zero-order valence-electron chi connectivity index (χ0n) is 17.2. The van der Waals surface area contributed by atoms with E-state index in [-0.39, 0.29) is 17.2 Å². The predicted octanol–water partition coefficient (Wildman–Crippen LogP) is 4.38. The highest BCUT2D eigenvalue weighted by molar-refractivity contribution is 8.00. The summed E-state index contributed by atoms with van der Waals surface area (Å²) in [5, 5.41) is 2.85. The molecular formula is C24H24N2O4S. The largest absolute Gasteiger partial charge is 0.494 e. The van der Waals surface area contributed by atoms with Gasteiger partial charge in [0, 0.05) is 12.1 Å². The summed E-state index contributed by atoms with van der Waals surface area (Å²) in [6, 6.07) is 18.8. The van der Waals surface area contributed by atoms with Crippen LogP contribution in [0.1, 0.15) is 39.5 Å².